The Labute approximate surface area is 118 Å². The first-order chi connectivity index (χ1) is 9.72. The van der Waals surface area contributed by atoms with E-state index in [1.807, 2.05) is 13.2 Å². The minimum Gasteiger partial charge on any atom is -0.367 e. The summed E-state index contributed by atoms with van der Waals surface area (Å²) in [5.74, 6) is 3.64. The Morgan fingerprint density at radius 3 is 2.95 bits per heavy atom. The zero-order chi connectivity index (χ0) is 13.7. The van der Waals surface area contributed by atoms with E-state index in [1.54, 1.807) is 11.0 Å². The van der Waals surface area contributed by atoms with Crippen molar-refractivity contribution < 1.29 is 0 Å². The van der Waals surface area contributed by atoms with Crippen LogP contribution in [-0.4, -0.2) is 25.8 Å². The van der Waals surface area contributed by atoms with E-state index < -0.39 is 0 Å². The average Bonchev–Trinajstić information content (AvgIpc) is 3.15. The molecule has 0 amide bonds. The summed E-state index contributed by atoms with van der Waals surface area (Å²) in [6.45, 7) is 2.30. The molecule has 0 radical (unpaired) electrons. The lowest BCUT2D eigenvalue weighted by Gasteiger charge is -2.29. The van der Waals surface area contributed by atoms with E-state index in [-0.39, 0.29) is 0 Å². The number of nitrogens with zero attached hydrogens (tertiary/aromatic N) is 4. The Hall–Kier alpha value is -1.65. The van der Waals surface area contributed by atoms with Gasteiger partial charge in [0.2, 0.25) is 0 Å². The number of fused-ring (bicyclic) bond motifs is 3. The van der Waals surface area contributed by atoms with Gasteiger partial charge in [-0.25, -0.2) is 9.97 Å². The van der Waals surface area contributed by atoms with E-state index in [0.29, 0.717) is 6.04 Å². The van der Waals surface area contributed by atoms with Crippen LogP contribution in [0.25, 0.3) is 11.0 Å². The molecule has 4 rings (SSSR count). The summed E-state index contributed by atoms with van der Waals surface area (Å²) in [6.07, 6.45) is 9.19. The van der Waals surface area contributed by atoms with Crippen molar-refractivity contribution in [3.8, 4) is 0 Å². The summed E-state index contributed by atoms with van der Waals surface area (Å²) in [5.41, 5.74) is 0.891. The van der Waals surface area contributed by atoms with Crippen molar-refractivity contribution in [1.82, 2.24) is 19.7 Å². The third kappa shape index (κ3) is 1.79. The molecule has 106 valence electrons. The molecular formula is C15H21N5. The molecule has 4 atom stereocenters. The number of rotatable bonds is 3. The molecule has 2 bridgehead atoms. The zero-order valence-corrected chi connectivity index (χ0v) is 12.1. The standard InChI is InChI=1S/C15H21N5/c1-9(12-6-10-3-4-11(12)5-10)19-14-13-7-18-20(2)15(13)17-8-16-14/h7-12H,3-6H2,1-2H3,(H,16,17,19). The smallest absolute Gasteiger partial charge is 0.163 e. The van der Waals surface area contributed by atoms with Crippen LogP contribution in [0.2, 0.25) is 0 Å². The molecule has 2 aromatic rings. The number of aromatic nitrogens is 4. The summed E-state index contributed by atoms with van der Waals surface area (Å²) in [4.78, 5) is 8.71. The van der Waals surface area contributed by atoms with E-state index in [2.05, 4.69) is 27.3 Å². The topological polar surface area (TPSA) is 55.6 Å². The maximum atomic E-state index is 4.42. The lowest BCUT2D eigenvalue weighted by Crippen LogP contribution is -2.30. The second-order valence-corrected chi connectivity index (χ2v) is 6.50. The summed E-state index contributed by atoms with van der Waals surface area (Å²) in [6, 6.07) is 0.476. The molecule has 2 saturated carbocycles. The molecule has 2 heterocycles. The van der Waals surface area contributed by atoms with Crippen LogP contribution >= 0.6 is 0 Å². The van der Waals surface area contributed by atoms with E-state index in [0.717, 1.165) is 34.6 Å². The highest BCUT2D eigenvalue weighted by atomic mass is 15.3. The van der Waals surface area contributed by atoms with Gasteiger partial charge >= 0.3 is 0 Å². The van der Waals surface area contributed by atoms with Gasteiger partial charge in [0.25, 0.3) is 0 Å². The van der Waals surface area contributed by atoms with Crippen LogP contribution < -0.4 is 5.32 Å². The van der Waals surface area contributed by atoms with Gasteiger partial charge in [-0.05, 0) is 43.9 Å². The van der Waals surface area contributed by atoms with Gasteiger partial charge in [0.05, 0.1) is 11.6 Å². The van der Waals surface area contributed by atoms with Gasteiger partial charge in [0.1, 0.15) is 12.1 Å². The normalized spacial score (nSPS) is 30.0. The summed E-state index contributed by atoms with van der Waals surface area (Å²) in [7, 11) is 1.92. The molecule has 2 aromatic heterocycles. The van der Waals surface area contributed by atoms with Crippen LogP contribution in [0.5, 0.6) is 0 Å². The van der Waals surface area contributed by atoms with Gasteiger partial charge in [0, 0.05) is 13.1 Å². The third-order valence-electron chi connectivity index (χ3n) is 5.33. The maximum Gasteiger partial charge on any atom is 0.163 e. The molecule has 20 heavy (non-hydrogen) atoms. The second-order valence-electron chi connectivity index (χ2n) is 6.50. The highest BCUT2D eigenvalue weighted by Crippen LogP contribution is 2.49. The first-order valence-electron chi connectivity index (χ1n) is 7.61. The Morgan fingerprint density at radius 1 is 1.30 bits per heavy atom. The number of hydrogen-bond donors (Lipinski definition) is 1. The first kappa shape index (κ1) is 12.1. The van der Waals surface area contributed by atoms with Crippen molar-refractivity contribution in [2.75, 3.05) is 5.32 Å². The highest BCUT2D eigenvalue weighted by Gasteiger charge is 2.41. The Balaban J connectivity index is 1.58. The van der Waals surface area contributed by atoms with Crippen molar-refractivity contribution in [2.45, 2.75) is 38.6 Å². The van der Waals surface area contributed by atoms with Crippen molar-refractivity contribution in [1.29, 1.82) is 0 Å². The molecule has 2 aliphatic rings. The molecule has 0 aromatic carbocycles. The fraction of sp³-hybridized carbons (Fsp3) is 0.667. The maximum absolute atomic E-state index is 4.42. The second kappa shape index (κ2) is 4.43. The lowest BCUT2D eigenvalue weighted by molar-refractivity contribution is 0.304. The van der Waals surface area contributed by atoms with Crippen molar-refractivity contribution in [2.24, 2.45) is 24.8 Å². The molecule has 5 nitrogen and oxygen atoms in total. The van der Waals surface area contributed by atoms with Crippen molar-refractivity contribution >= 4 is 16.9 Å². The summed E-state index contributed by atoms with van der Waals surface area (Å²) in [5, 5.41) is 8.91. The van der Waals surface area contributed by atoms with Crippen molar-refractivity contribution in [3.05, 3.63) is 12.5 Å². The monoisotopic (exact) mass is 271 g/mol. The minimum absolute atomic E-state index is 0.476. The van der Waals surface area contributed by atoms with Crippen LogP contribution in [0.1, 0.15) is 32.6 Å². The van der Waals surface area contributed by atoms with E-state index in [1.165, 1.54) is 25.7 Å². The van der Waals surface area contributed by atoms with Crippen LogP contribution in [0.4, 0.5) is 5.82 Å². The quantitative estimate of drug-likeness (QED) is 0.932. The molecular weight excluding hydrogens is 250 g/mol. The number of aryl methyl sites for hydroxylation is 1. The summed E-state index contributed by atoms with van der Waals surface area (Å²) < 4.78 is 1.80. The number of anilines is 1. The van der Waals surface area contributed by atoms with Crippen molar-refractivity contribution in [3.63, 3.8) is 0 Å². The van der Waals surface area contributed by atoms with E-state index in [9.17, 15) is 0 Å². The SMILES string of the molecule is CC(Nc1ncnc2c1cnn2C)C1CC2CCC1C2. The Morgan fingerprint density at radius 2 is 2.20 bits per heavy atom. The highest BCUT2D eigenvalue weighted by molar-refractivity contribution is 5.86. The van der Waals surface area contributed by atoms with E-state index in [4.69, 9.17) is 0 Å². The molecule has 0 saturated heterocycles. The Bertz CT molecular complexity index is 634. The van der Waals surface area contributed by atoms with Crippen LogP contribution in [-0.2, 0) is 7.05 Å². The first-order valence-corrected chi connectivity index (χ1v) is 7.61. The number of nitrogens with one attached hydrogen (secondary N) is 1. The van der Waals surface area contributed by atoms with Gasteiger partial charge in [-0.15, -0.1) is 0 Å². The summed E-state index contributed by atoms with van der Waals surface area (Å²) >= 11 is 0. The van der Waals surface area contributed by atoms with Gasteiger partial charge in [-0.2, -0.15) is 5.10 Å². The van der Waals surface area contributed by atoms with Gasteiger partial charge in [0.15, 0.2) is 5.65 Å². The number of hydrogen-bond acceptors (Lipinski definition) is 4. The van der Waals surface area contributed by atoms with Crippen LogP contribution in [0, 0.1) is 17.8 Å². The minimum atomic E-state index is 0.476. The molecule has 1 N–H and O–H groups in total. The lowest BCUT2D eigenvalue weighted by atomic mass is 9.84. The molecule has 5 heteroatoms. The fourth-order valence-electron chi connectivity index (χ4n) is 4.31. The Kier molecular flexibility index (Phi) is 2.69. The zero-order valence-electron chi connectivity index (χ0n) is 12.1. The third-order valence-corrected chi connectivity index (χ3v) is 5.33. The predicted octanol–water partition coefficient (Wildman–Crippen LogP) is 2.60. The largest absolute Gasteiger partial charge is 0.367 e. The molecule has 0 spiro atoms. The molecule has 0 aliphatic heterocycles. The molecule has 2 fully saturated rings. The van der Waals surface area contributed by atoms with Gasteiger partial charge < -0.3 is 5.32 Å². The van der Waals surface area contributed by atoms with Crippen LogP contribution in [0.15, 0.2) is 12.5 Å². The van der Waals surface area contributed by atoms with Crippen LogP contribution in [0.3, 0.4) is 0 Å². The van der Waals surface area contributed by atoms with Gasteiger partial charge in [-0.3, -0.25) is 4.68 Å². The molecule has 4 unspecified atom stereocenters. The average molecular weight is 271 g/mol. The van der Waals surface area contributed by atoms with E-state index >= 15 is 0 Å². The predicted molar refractivity (Wildman–Crippen MR) is 78.3 cm³/mol. The van der Waals surface area contributed by atoms with Gasteiger partial charge in [-0.1, -0.05) is 6.42 Å². The fourth-order valence-corrected chi connectivity index (χ4v) is 4.31. The molecule has 2 aliphatic carbocycles.